The molecule has 1 aromatic carbocycles. The second-order valence-electron chi connectivity index (χ2n) is 2.68. The molecule has 0 saturated carbocycles. The lowest BCUT2D eigenvalue weighted by Gasteiger charge is -2.11. The molecule has 71 valence electrons. The zero-order chi connectivity index (χ0) is 10.0. The van der Waals surface area contributed by atoms with Crippen LogP contribution in [-0.4, -0.2) is 0 Å². The summed E-state index contributed by atoms with van der Waals surface area (Å²) < 4.78 is 3.38. The van der Waals surface area contributed by atoms with Crippen molar-refractivity contribution in [2.75, 3.05) is 0 Å². The molecule has 0 N–H and O–H groups in total. The Morgan fingerprint density at radius 2 is 1.69 bits per heavy atom. The molecule has 1 nitrogen and oxygen atoms in total. The largest absolute Gasteiger partial charge is 0.228 e. The zero-order valence-electron chi connectivity index (χ0n) is 6.98. The van der Waals surface area contributed by atoms with Gasteiger partial charge in [-0.15, -0.1) is 0 Å². The zero-order valence-corrected chi connectivity index (χ0v) is 13.5. The summed E-state index contributed by atoms with van der Waals surface area (Å²) in [5.41, 5.74) is 0.962. The van der Waals surface area contributed by atoms with Crippen molar-refractivity contribution in [2.24, 2.45) is 0 Å². The maximum absolute atomic E-state index is 11.6. The molecule has 1 unspecified atom stereocenters. The van der Waals surface area contributed by atoms with E-state index in [0.717, 1.165) is 12.7 Å². The predicted octanol–water partition coefficient (Wildman–Crippen LogP) is 4.38. The Hall–Kier alpha value is 1.37. The summed E-state index contributed by atoms with van der Waals surface area (Å²) >= 11 is 6.75. The fourth-order valence-electron chi connectivity index (χ4n) is 1.07. The highest BCUT2D eigenvalue weighted by atomic mass is 127. The van der Waals surface area contributed by atoms with Gasteiger partial charge in [0.05, 0.1) is 0 Å². The first-order valence-corrected chi connectivity index (χ1v) is 7.10. The van der Waals surface area contributed by atoms with Crippen LogP contribution in [0, 0.1) is 10.7 Å². The first-order chi connectivity index (χ1) is 6.06. The molecule has 0 aliphatic heterocycles. The Bertz CT molecular complexity index is 289. The summed E-state index contributed by atoms with van der Waals surface area (Å²) in [6, 6.07) is 4.11. The average Bonchev–Trinajstić information content (AvgIpc) is 2.02. The van der Waals surface area contributed by atoms with Gasteiger partial charge in [-0.2, -0.15) is 0 Å². The van der Waals surface area contributed by atoms with Crippen molar-refractivity contribution < 1.29 is 5.11 Å². The molecule has 4 heteroatoms. The lowest BCUT2D eigenvalue weighted by atomic mass is 10.1. The van der Waals surface area contributed by atoms with Crippen LogP contribution in [0.5, 0.6) is 0 Å². The Morgan fingerprint density at radius 3 is 2.08 bits per heavy atom. The van der Waals surface area contributed by atoms with E-state index in [2.05, 4.69) is 79.9 Å². The van der Waals surface area contributed by atoms with Crippen molar-refractivity contribution in [1.82, 2.24) is 0 Å². The van der Waals surface area contributed by atoms with Crippen LogP contribution in [0.1, 0.15) is 25.0 Å². The van der Waals surface area contributed by atoms with E-state index in [1.165, 1.54) is 3.57 Å². The Morgan fingerprint density at radius 1 is 1.23 bits per heavy atom. The van der Waals surface area contributed by atoms with Gasteiger partial charge in [0, 0.05) is 16.3 Å². The second-order valence-corrected chi connectivity index (χ2v) is 6.25. The van der Waals surface area contributed by atoms with Gasteiger partial charge >= 0.3 is 0 Å². The minimum atomic E-state index is -0.573. The fraction of sp³-hybridized carbons (Fsp3) is 0.333. The molecule has 0 fully saturated rings. The molecule has 0 saturated heterocycles. The molecule has 0 heterocycles. The second kappa shape index (κ2) is 5.45. The molecule has 0 aromatic heterocycles. The van der Waals surface area contributed by atoms with E-state index in [9.17, 15) is 5.11 Å². The normalized spacial score (nSPS) is 13.0. The van der Waals surface area contributed by atoms with Crippen LogP contribution >= 0.6 is 67.8 Å². The van der Waals surface area contributed by atoms with Crippen molar-refractivity contribution in [1.29, 1.82) is 0 Å². The summed E-state index contributed by atoms with van der Waals surface area (Å²) in [6.07, 6.45) is 0.0860. The van der Waals surface area contributed by atoms with Crippen LogP contribution < -0.4 is 0 Å². The highest BCUT2D eigenvalue weighted by Gasteiger charge is 2.15. The van der Waals surface area contributed by atoms with E-state index in [4.69, 9.17) is 0 Å². The van der Waals surface area contributed by atoms with Crippen molar-refractivity contribution in [3.05, 3.63) is 28.4 Å². The fourth-order valence-corrected chi connectivity index (χ4v) is 5.34. The van der Waals surface area contributed by atoms with E-state index in [-0.39, 0.29) is 0 Å². The summed E-state index contributed by atoms with van der Waals surface area (Å²) in [4.78, 5) is 0. The van der Waals surface area contributed by atoms with Crippen molar-refractivity contribution in [2.45, 2.75) is 19.4 Å². The molecule has 0 aliphatic rings. The van der Waals surface area contributed by atoms with Crippen molar-refractivity contribution in [3.63, 3.8) is 0 Å². The average molecular weight is 513 g/mol. The third-order valence-corrected chi connectivity index (χ3v) is 4.14. The van der Waals surface area contributed by atoms with Crippen LogP contribution in [0.3, 0.4) is 0 Å². The molecule has 13 heavy (non-hydrogen) atoms. The maximum Gasteiger partial charge on any atom is 0.120 e. The minimum Gasteiger partial charge on any atom is -0.228 e. The first kappa shape index (κ1) is 12.4. The first-order valence-electron chi connectivity index (χ1n) is 3.86. The molecular weight excluding hydrogens is 505 g/mol. The molecule has 1 rings (SSSR count). The van der Waals surface area contributed by atoms with Gasteiger partial charge in [0.1, 0.15) is 6.10 Å². The monoisotopic (exact) mass is 513 g/mol. The van der Waals surface area contributed by atoms with Gasteiger partial charge in [-0.1, -0.05) is 6.92 Å². The third-order valence-electron chi connectivity index (χ3n) is 1.74. The lowest BCUT2D eigenvalue weighted by Crippen LogP contribution is -2.00. The summed E-state index contributed by atoms with van der Waals surface area (Å²) in [5.74, 6) is 0. The Kier molecular flexibility index (Phi) is 5.22. The summed E-state index contributed by atoms with van der Waals surface area (Å²) in [7, 11) is 0. The van der Waals surface area contributed by atoms with Crippen LogP contribution in [0.15, 0.2) is 12.1 Å². The van der Waals surface area contributed by atoms with E-state index in [1.807, 2.05) is 6.92 Å². The maximum atomic E-state index is 11.6. The van der Waals surface area contributed by atoms with Crippen LogP contribution in [0.25, 0.3) is 0 Å². The van der Waals surface area contributed by atoms with E-state index >= 15 is 0 Å². The standard InChI is InChI=1S/C9H8I3O/c1-2-8(13)9-6(11)3-5(10)4-7(9)12/h3-4,8H,2H2,1H3. The summed E-state index contributed by atoms with van der Waals surface area (Å²) in [5, 5.41) is 11.6. The smallest absolute Gasteiger partial charge is 0.120 e. The number of hydrogen-bond donors (Lipinski definition) is 0. The summed E-state index contributed by atoms with van der Waals surface area (Å²) in [6.45, 7) is 1.93. The van der Waals surface area contributed by atoms with E-state index in [0.29, 0.717) is 6.42 Å². The van der Waals surface area contributed by atoms with Crippen LogP contribution in [-0.2, 0) is 5.11 Å². The number of rotatable bonds is 2. The van der Waals surface area contributed by atoms with Gasteiger partial charge in [-0.25, -0.2) is 5.11 Å². The molecular formula is C9H8I3O. The number of hydrogen-bond acceptors (Lipinski definition) is 0. The highest BCUT2D eigenvalue weighted by molar-refractivity contribution is 14.1. The SMILES string of the molecule is CCC([O])c1c(I)cc(I)cc1I. The molecule has 1 aromatic rings. The van der Waals surface area contributed by atoms with Crippen LogP contribution in [0.4, 0.5) is 0 Å². The van der Waals surface area contributed by atoms with Crippen molar-refractivity contribution >= 4 is 67.8 Å². The topological polar surface area (TPSA) is 19.9 Å². The van der Waals surface area contributed by atoms with Gasteiger partial charge in [-0.3, -0.25) is 0 Å². The third kappa shape index (κ3) is 3.16. The number of halogens is 3. The molecule has 0 spiro atoms. The van der Waals surface area contributed by atoms with Gasteiger partial charge < -0.3 is 0 Å². The van der Waals surface area contributed by atoms with Gasteiger partial charge in [0.25, 0.3) is 0 Å². The molecule has 1 radical (unpaired) electrons. The van der Waals surface area contributed by atoms with E-state index in [1.54, 1.807) is 0 Å². The molecule has 0 amide bonds. The number of benzene rings is 1. The minimum absolute atomic E-state index is 0.573. The van der Waals surface area contributed by atoms with Gasteiger partial charge in [-0.05, 0) is 86.3 Å². The highest BCUT2D eigenvalue weighted by Crippen LogP contribution is 2.29. The van der Waals surface area contributed by atoms with E-state index < -0.39 is 6.10 Å². The van der Waals surface area contributed by atoms with Gasteiger partial charge in [0.2, 0.25) is 0 Å². The molecule has 1 atom stereocenters. The molecule has 0 aliphatic carbocycles. The molecule has 0 bridgehead atoms. The quantitative estimate of drug-likeness (QED) is 0.524. The Labute approximate surface area is 119 Å². The van der Waals surface area contributed by atoms with Gasteiger partial charge in [0.15, 0.2) is 0 Å². The van der Waals surface area contributed by atoms with Crippen molar-refractivity contribution in [3.8, 4) is 0 Å². The predicted molar refractivity (Wildman–Crippen MR) is 78.3 cm³/mol. The Balaban J connectivity index is 3.20. The lowest BCUT2D eigenvalue weighted by molar-refractivity contribution is 0.0843. The van der Waals surface area contributed by atoms with Crippen LogP contribution in [0.2, 0.25) is 0 Å².